The summed E-state index contributed by atoms with van der Waals surface area (Å²) in [5, 5.41) is 3.99. The second-order valence-electron chi connectivity index (χ2n) is 7.41. The highest BCUT2D eigenvalue weighted by atomic mass is 16.5. The van der Waals surface area contributed by atoms with Crippen molar-refractivity contribution in [3.05, 3.63) is 70.4 Å². The number of aromatic nitrogens is 2. The van der Waals surface area contributed by atoms with Crippen LogP contribution in [0.25, 0.3) is 0 Å². The molecule has 0 aliphatic carbocycles. The van der Waals surface area contributed by atoms with Crippen LogP contribution in [-0.2, 0) is 13.2 Å². The van der Waals surface area contributed by atoms with Crippen LogP contribution in [0.4, 0.5) is 0 Å². The Morgan fingerprint density at radius 1 is 1.18 bits per heavy atom. The number of amides is 1. The van der Waals surface area contributed by atoms with Crippen LogP contribution in [0.2, 0.25) is 0 Å². The molecular weight excluding hydrogens is 354 g/mol. The fraction of sp³-hybridized carbons (Fsp3) is 0.364. The Kier molecular flexibility index (Phi) is 4.71. The number of carbonyl (C=O) groups is 1. The van der Waals surface area contributed by atoms with Crippen molar-refractivity contribution in [2.45, 2.75) is 46.9 Å². The highest BCUT2D eigenvalue weighted by molar-refractivity contribution is 5.92. The number of nitrogens with zero attached hydrogens (tertiary/aromatic N) is 3. The van der Waals surface area contributed by atoms with Crippen molar-refractivity contribution in [1.29, 1.82) is 0 Å². The highest BCUT2D eigenvalue weighted by Gasteiger charge is 2.30. The topological polar surface area (TPSA) is 60.5 Å². The van der Waals surface area contributed by atoms with Gasteiger partial charge in [0.05, 0.1) is 6.04 Å². The number of para-hydroxylation sites is 1. The van der Waals surface area contributed by atoms with E-state index >= 15 is 0 Å². The third-order valence-electron chi connectivity index (χ3n) is 5.50. The molecule has 1 atom stereocenters. The lowest BCUT2D eigenvalue weighted by Crippen LogP contribution is -2.41. The summed E-state index contributed by atoms with van der Waals surface area (Å²) >= 11 is 0. The molecule has 0 spiro atoms. The van der Waals surface area contributed by atoms with Crippen LogP contribution in [0.15, 0.2) is 40.9 Å². The van der Waals surface area contributed by atoms with Crippen molar-refractivity contribution >= 4 is 5.91 Å². The van der Waals surface area contributed by atoms with Gasteiger partial charge in [0.1, 0.15) is 12.4 Å². The van der Waals surface area contributed by atoms with E-state index in [-0.39, 0.29) is 18.6 Å². The van der Waals surface area contributed by atoms with Gasteiger partial charge >= 0.3 is 0 Å². The number of fused-ring (bicyclic) bond motifs is 1. The van der Waals surface area contributed by atoms with E-state index in [1.54, 1.807) is 6.07 Å². The van der Waals surface area contributed by atoms with Crippen LogP contribution in [0, 0.1) is 20.8 Å². The van der Waals surface area contributed by atoms with Crippen LogP contribution in [0.1, 0.15) is 51.7 Å². The summed E-state index contributed by atoms with van der Waals surface area (Å²) in [4.78, 5) is 14.8. The van der Waals surface area contributed by atoms with E-state index in [1.807, 2.05) is 43.9 Å². The molecule has 1 aliphatic heterocycles. The first-order valence-corrected chi connectivity index (χ1v) is 9.57. The molecule has 2 aromatic heterocycles. The van der Waals surface area contributed by atoms with Gasteiger partial charge in [-0.05, 0) is 51.0 Å². The number of rotatable bonds is 4. The Hall–Kier alpha value is -3.02. The number of hydrogen-bond donors (Lipinski definition) is 0. The van der Waals surface area contributed by atoms with Gasteiger partial charge in [-0.15, -0.1) is 0 Å². The molecule has 1 aromatic carbocycles. The van der Waals surface area contributed by atoms with Crippen molar-refractivity contribution in [3.63, 3.8) is 0 Å². The van der Waals surface area contributed by atoms with Crippen molar-refractivity contribution in [1.82, 2.24) is 14.6 Å². The molecule has 28 heavy (non-hydrogen) atoms. The molecule has 6 nitrogen and oxygen atoms in total. The molecular formula is C22H25N3O3. The molecule has 1 amide bonds. The molecule has 6 heteroatoms. The maximum atomic E-state index is 13.0. The normalized spacial score (nSPS) is 16.1. The molecule has 0 saturated heterocycles. The Morgan fingerprint density at radius 2 is 1.93 bits per heavy atom. The van der Waals surface area contributed by atoms with Gasteiger partial charge in [-0.1, -0.05) is 23.4 Å². The van der Waals surface area contributed by atoms with Gasteiger partial charge in [0.2, 0.25) is 0 Å². The summed E-state index contributed by atoms with van der Waals surface area (Å²) in [7, 11) is 0. The minimum atomic E-state index is -0.111. The average Bonchev–Trinajstić information content (AvgIpc) is 3.29. The molecule has 3 aromatic rings. The Bertz CT molecular complexity index is 998. The lowest BCUT2D eigenvalue weighted by Gasteiger charge is -2.34. The minimum Gasteiger partial charge on any atom is -0.485 e. The number of benzene rings is 1. The standard InChI is InChI=1S/C22H25N3O3/c1-14-6-5-7-15(2)21(14)27-13-18-12-19(23-28-18)22(26)25-11-10-24-16(3)8-9-20(24)17(25)4/h5-9,12,17H,10-11,13H2,1-4H3/t17-/m1/s1. The van der Waals surface area contributed by atoms with Gasteiger partial charge in [-0.3, -0.25) is 4.79 Å². The van der Waals surface area contributed by atoms with E-state index < -0.39 is 0 Å². The van der Waals surface area contributed by atoms with Crippen LogP contribution < -0.4 is 4.74 Å². The second-order valence-corrected chi connectivity index (χ2v) is 7.41. The van der Waals surface area contributed by atoms with Gasteiger partial charge in [0, 0.05) is 30.5 Å². The molecule has 0 unspecified atom stereocenters. The molecule has 0 N–H and O–H groups in total. The second kappa shape index (κ2) is 7.19. The first-order valence-electron chi connectivity index (χ1n) is 9.57. The third-order valence-corrected chi connectivity index (χ3v) is 5.50. The number of hydrogen-bond acceptors (Lipinski definition) is 4. The molecule has 146 valence electrons. The number of ether oxygens (including phenoxy) is 1. The zero-order valence-electron chi connectivity index (χ0n) is 16.7. The van der Waals surface area contributed by atoms with E-state index in [0.29, 0.717) is 18.0 Å². The molecule has 4 rings (SSSR count). The largest absolute Gasteiger partial charge is 0.485 e. The van der Waals surface area contributed by atoms with Crippen molar-refractivity contribution in [2.24, 2.45) is 0 Å². The highest BCUT2D eigenvalue weighted by Crippen LogP contribution is 2.29. The summed E-state index contributed by atoms with van der Waals surface area (Å²) in [6.07, 6.45) is 0. The minimum absolute atomic E-state index is 0.000896. The quantitative estimate of drug-likeness (QED) is 0.682. The van der Waals surface area contributed by atoms with Crippen molar-refractivity contribution < 1.29 is 14.1 Å². The van der Waals surface area contributed by atoms with Crippen molar-refractivity contribution in [3.8, 4) is 5.75 Å². The van der Waals surface area contributed by atoms with E-state index in [1.165, 1.54) is 5.69 Å². The molecule has 0 bridgehead atoms. The third kappa shape index (κ3) is 3.19. The van der Waals surface area contributed by atoms with Crippen LogP contribution in [0.5, 0.6) is 5.75 Å². The molecule has 3 heterocycles. The van der Waals surface area contributed by atoms with Gasteiger partial charge < -0.3 is 18.7 Å². The SMILES string of the molecule is Cc1cccc(C)c1OCc1cc(C(=O)N2CCn3c(C)ccc3[C@H]2C)no1. The Morgan fingerprint density at radius 3 is 2.68 bits per heavy atom. The molecule has 0 fully saturated rings. The monoisotopic (exact) mass is 379 g/mol. The van der Waals surface area contributed by atoms with Crippen LogP contribution >= 0.6 is 0 Å². The number of carbonyl (C=O) groups excluding carboxylic acids is 1. The summed E-state index contributed by atoms with van der Waals surface area (Å²) in [6, 6.07) is 11.9. The lowest BCUT2D eigenvalue weighted by molar-refractivity contribution is 0.0632. The zero-order chi connectivity index (χ0) is 19.8. The van der Waals surface area contributed by atoms with E-state index in [0.717, 1.165) is 29.1 Å². The van der Waals surface area contributed by atoms with Gasteiger partial charge in [0.25, 0.3) is 5.91 Å². The smallest absolute Gasteiger partial charge is 0.276 e. The van der Waals surface area contributed by atoms with E-state index in [4.69, 9.17) is 9.26 Å². The maximum absolute atomic E-state index is 13.0. The molecule has 0 saturated carbocycles. The van der Waals surface area contributed by atoms with Crippen molar-refractivity contribution in [2.75, 3.05) is 6.54 Å². The fourth-order valence-electron chi connectivity index (χ4n) is 3.90. The summed E-state index contributed by atoms with van der Waals surface area (Å²) in [5.41, 5.74) is 4.83. The number of aryl methyl sites for hydroxylation is 3. The Labute approximate surface area is 164 Å². The van der Waals surface area contributed by atoms with E-state index in [9.17, 15) is 4.79 Å². The summed E-state index contributed by atoms with van der Waals surface area (Å²) in [6.45, 7) is 9.85. The zero-order valence-corrected chi connectivity index (χ0v) is 16.7. The predicted octanol–water partition coefficient (Wildman–Crippen LogP) is 4.20. The van der Waals surface area contributed by atoms with Crippen LogP contribution in [0.3, 0.4) is 0 Å². The maximum Gasteiger partial charge on any atom is 0.276 e. The first kappa shape index (κ1) is 18.3. The summed E-state index contributed by atoms with van der Waals surface area (Å²) < 4.78 is 13.5. The van der Waals surface area contributed by atoms with Gasteiger partial charge in [0.15, 0.2) is 11.5 Å². The average molecular weight is 379 g/mol. The Balaban J connectivity index is 1.46. The first-order chi connectivity index (χ1) is 13.5. The van der Waals surface area contributed by atoms with Gasteiger partial charge in [-0.2, -0.15) is 0 Å². The predicted molar refractivity (Wildman–Crippen MR) is 105 cm³/mol. The van der Waals surface area contributed by atoms with Gasteiger partial charge in [-0.25, -0.2) is 0 Å². The molecule has 1 aliphatic rings. The summed E-state index contributed by atoms with van der Waals surface area (Å²) in [5.74, 6) is 1.27. The van der Waals surface area contributed by atoms with E-state index in [2.05, 4.69) is 28.8 Å². The van der Waals surface area contributed by atoms with Crippen LogP contribution in [-0.4, -0.2) is 27.1 Å². The molecule has 0 radical (unpaired) electrons. The fourth-order valence-corrected chi connectivity index (χ4v) is 3.90. The lowest BCUT2D eigenvalue weighted by atomic mass is 10.1.